The molecule has 2 aromatic rings. The maximum Gasteiger partial charge on any atom is 0.316 e. The summed E-state index contributed by atoms with van der Waals surface area (Å²) < 4.78 is 31.4. The molecule has 0 spiro atoms. The molecule has 0 heterocycles. The third-order valence-corrected chi connectivity index (χ3v) is 4.10. The number of rotatable bonds is 6. The molecule has 0 saturated carbocycles. The lowest BCUT2D eigenvalue weighted by Crippen LogP contribution is -1.99. The molecule has 7 heteroatoms. The number of benzene rings is 2. The lowest BCUT2D eigenvalue weighted by atomic mass is 10.1. The van der Waals surface area contributed by atoms with Crippen molar-refractivity contribution < 1.29 is 18.3 Å². The molecule has 0 aliphatic heterocycles. The Labute approximate surface area is 151 Å². The number of hydrogen-bond donors (Lipinski definition) is 1. The van der Waals surface area contributed by atoms with Crippen LogP contribution in [0.2, 0.25) is 0 Å². The van der Waals surface area contributed by atoms with E-state index < -0.39 is 16.6 Å². The van der Waals surface area contributed by atoms with E-state index in [1.807, 2.05) is 30.3 Å². The van der Waals surface area contributed by atoms with Crippen LogP contribution >= 0.6 is 22.6 Å². The van der Waals surface area contributed by atoms with Crippen LogP contribution in [0.5, 0.6) is 5.75 Å². The molecule has 0 aliphatic rings. The van der Waals surface area contributed by atoms with Gasteiger partial charge in [-0.1, -0.05) is 66.4 Å². The predicted octanol–water partition coefficient (Wildman–Crippen LogP) is 4.06. The monoisotopic (exact) mass is 447 g/mol. The summed E-state index contributed by atoms with van der Waals surface area (Å²) in [6, 6.07) is 14.4. The molecule has 124 valence electrons. The molecule has 0 aliphatic carbocycles. The molecule has 1 atom stereocenters. The Morgan fingerprint density at radius 1 is 1.17 bits per heavy atom. The summed E-state index contributed by atoms with van der Waals surface area (Å²) in [5.74, 6) is 0.359. The van der Waals surface area contributed by atoms with Gasteiger partial charge in [-0.2, -0.15) is 8.42 Å². The molecule has 0 unspecified atom stereocenters. The van der Waals surface area contributed by atoms with Gasteiger partial charge in [0.1, 0.15) is 18.0 Å². The van der Waals surface area contributed by atoms with E-state index in [1.165, 1.54) is 6.07 Å². The summed E-state index contributed by atoms with van der Waals surface area (Å²) in [4.78, 5) is 0. The van der Waals surface area contributed by atoms with Crippen LogP contribution in [-0.2, 0) is 17.1 Å². The van der Waals surface area contributed by atoms with Crippen LogP contribution in [0.3, 0.4) is 0 Å². The van der Waals surface area contributed by atoms with Gasteiger partial charge >= 0.3 is 10.5 Å². The lowest BCUT2D eigenvalue weighted by Gasteiger charge is -2.12. The van der Waals surface area contributed by atoms with Gasteiger partial charge in [0.15, 0.2) is 0 Å². The van der Waals surface area contributed by atoms with Crippen molar-refractivity contribution in [3.63, 3.8) is 0 Å². The summed E-state index contributed by atoms with van der Waals surface area (Å²) >= 11 is 2.05. The average molecular weight is 447 g/mol. The normalized spacial score (nSPS) is 11.2. The second kappa shape index (κ2) is 9.64. The van der Waals surface area contributed by atoms with E-state index >= 15 is 0 Å². The van der Waals surface area contributed by atoms with Gasteiger partial charge in [-0.25, -0.2) is 0 Å². The lowest BCUT2D eigenvalue weighted by molar-refractivity contribution is 0.207. The zero-order valence-electron chi connectivity index (χ0n) is 11.5. The van der Waals surface area contributed by atoms with Crippen molar-refractivity contribution in [1.82, 2.24) is 0 Å². The summed E-state index contributed by atoms with van der Waals surface area (Å²) in [6.45, 7) is 0.309. The second-order valence-corrected chi connectivity index (χ2v) is 5.98. The van der Waals surface area contributed by atoms with E-state index in [4.69, 9.17) is 4.74 Å². The predicted molar refractivity (Wildman–Crippen MR) is 98.8 cm³/mol. The van der Waals surface area contributed by atoms with E-state index in [1.54, 1.807) is 12.1 Å². The number of nitrogens with zero attached hydrogens (tertiary/aromatic N) is 1. The smallest absolute Gasteiger partial charge is 0.316 e. The molecule has 0 aromatic heterocycles. The van der Waals surface area contributed by atoms with Crippen LogP contribution in [0.4, 0.5) is 5.69 Å². The fraction of sp³-hybridized carbons (Fsp3) is 0.250. The van der Waals surface area contributed by atoms with Crippen LogP contribution in [0.25, 0.3) is 0 Å². The molecule has 0 fully saturated rings. The highest BCUT2D eigenvalue weighted by atomic mass is 127. The zero-order chi connectivity index (χ0) is 15.9. The standard InChI is InChI=1S/C15H14INO4S.CH4/c16-9-14(18)12-6-7-15(13(8-12)17-22(19)20)21-10-11-4-2-1-3-5-11;/h1-8,14,18H,9-10H2;1H4/t14-;/m0./s1. The maximum atomic E-state index is 10.9. The van der Waals surface area contributed by atoms with Crippen molar-refractivity contribution in [2.75, 3.05) is 4.43 Å². The highest BCUT2D eigenvalue weighted by molar-refractivity contribution is 14.1. The van der Waals surface area contributed by atoms with Crippen LogP contribution < -0.4 is 4.74 Å². The molecular weight excluding hydrogens is 429 g/mol. The van der Waals surface area contributed by atoms with Gasteiger partial charge in [-0.3, -0.25) is 0 Å². The Kier molecular flexibility index (Phi) is 8.21. The minimum atomic E-state index is -2.59. The van der Waals surface area contributed by atoms with E-state index in [9.17, 15) is 13.5 Å². The first-order valence-corrected chi connectivity index (χ1v) is 9.01. The quantitative estimate of drug-likeness (QED) is 0.535. The van der Waals surface area contributed by atoms with E-state index in [0.29, 0.717) is 22.3 Å². The minimum Gasteiger partial charge on any atom is -0.487 e. The van der Waals surface area contributed by atoms with Crippen LogP contribution in [0, 0.1) is 0 Å². The molecule has 2 aromatic carbocycles. The van der Waals surface area contributed by atoms with Gasteiger partial charge in [0.25, 0.3) is 0 Å². The second-order valence-electron chi connectivity index (χ2n) is 4.48. The van der Waals surface area contributed by atoms with Crippen molar-refractivity contribution in [2.45, 2.75) is 20.1 Å². The summed E-state index contributed by atoms with van der Waals surface area (Å²) in [7, 11) is -2.59. The molecule has 2 rings (SSSR count). The third kappa shape index (κ3) is 5.92. The van der Waals surface area contributed by atoms with Crippen molar-refractivity contribution >= 4 is 38.8 Å². The fourth-order valence-electron chi connectivity index (χ4n) is 1.84. The Bertz CT molecular complexity index is 755. The molecule has 0 saturated heterocycles. The Balaban J connectivity index is 0.00000264. The number of alkyl halides is 1. The van der Waals surface area contributed by atoms with Crippen LogP contribution in [0.15, 0.2) is 52.9 Å². The Morgan fingerprint density at radius 2 is 1.87 bits per heavy atom. The highest BCUT2D eigenvalue weighted by Crippen LogP contribution is 2.32. The molecule has 1 N–H and O–H groups in total. The number of aliphatic hydroxyl groups is 1. The van der Waals surface area contributed by atoms with E-state index in [-0.39, 0.29) is 13.1 Å². The zero-order valence-corrected chi connectivity index (χ0v) is 14.5. The molecule has 0 radical (unpaired) electrons. The summed E-state index contributed by atoms with van der Waals surface area (Å²) in [6.07, 6.45) is -0.669. The van der Waals surface area contributed by atoms with Gasteiger partial charge in [0.05, 0.1) is 6.10 Å². The number of aliphatic hydroxyl groups excluding tert-OH is 1. The van der Waals surface area contributed by atoms with Gasteiger partial charge in [0, 0.05) is 4.43 Å². The summed E-state index contributed by atoms with van der Waals surface area (Å²) in [5.41, 5.74) is 1.75. The largest absolute Gasteiger partial charge is 0.487 e. The van der Waals surface area contributed by atoms with Crippen molar-refractivity contribution in [3.05, 3.63) is 59.7 Å². The van der Waals surface area contributed by atoms with Gasteiger partial charge in [-0.15, -0.1) is 4.36 Å². The number of hydrogen-bond acceptors (Lipinski definition) is 5. The number of ether oxygens (including phenoxy) is 1. The van der Waals surface area contributed by atoms with E-state index in [2.05, 4.69) is 27.0 Å². The minimum absolute atomic E-state index is 0. The average Bonchev–Trinajstić information content (AvgIpc) is 2.53. The van der Waals surface area contributed by atoms with Crippen molar-refractivity contribution in [3.8, 4) is 5.75 Å². The highest BCUT2D eigenvalue weighted by Gasteiger charge is 2.11. The first-order valence-electron chi connectivity index (χ1n) is 6.46. The van der Waals surface area contributed by atoms with Crippen LogP contribution in [0.1, 0.15) is 24.7 Å². The maximum absolute atomic E-state index is 10.9. The molecule has 0 amide bonds. The molecule has 23 heavy (non-hydrogen) atoms. The Morgan fingerprint density at radius 3 is 2.48 bits per heavy atom. The van der Waals surface area contributed by atoms with Crippen LogP contribution in [-0.4, -0.2) is 18.0 Å². The number of halogens is 1. The molecular formula is C16H18INO4S. The van der Waals surface area contributed by atoms with Crippen molar-refractivity contribution in [2.24, 2.45) is 4.36 Å². The van der Waals surface area contributed by atoms with Gasteiger partial charge in [0.2, 0.25) is 0 Å². The first kappa shape index (κ1) is 19.6. The topological polar surface area (TPSA) is 76.0 Å². The van der Waals surface area contributed by atoms with Gasteiger partial charge in [-0.05, 0) is 23.3 Å². The first-order chi connectivity index (χ1) is 10.6. The Hall–Kier alpha value is -1.45. The van der Waals surface area contributed by atoms with E-state index in [0.717, 1.165) is 5.56 Å². The molecule has 0 bridgehead atoms. The third-order valence-electron chi connectivity index (χ3n) is 2.92. The SMILES string of the molecule is C.O=S(=O)=Nc1cc([C@@H](O)CI)ccc1OCc1ccccc1. The fourth-order valence-corrected chi connectivity index (χ4v) is 2.65. The summed E-state index contributed by atoms with van der Waals surface area (Å²) in [5, 5.41) is 9.84. The molecule has 5 nitrogen and oxygen atoms in total. The van der Waals surface area contributed by atoms with Gasteiger partial charge < -0.3 is 9.84 Å². The van der Waals surface area contributed by atoms with Crippen molar-refractivity contribution in [1.29, 1.82) is 0 Å².